The highest BCUT2D eigenvalue weighted by atomic mass is 32.2. The first-order valence-electron chi connectivity index (χ1n) is 8.15. The topological polar surface area (TPSA) is 75.7 Å². The minimum Gasteiger partial charge on any atom is -0.406 e. The van der Waals surface area contributed by atoms with Crippen LogP contribution in [-0.4, -0.2) is 45.5 Å². The van der Waals surface area contributed by atoms with Gasteiger partial charge >= 0.3 is 6.36 Å². The zero-order valence-corrected chi connectivity index (χ0v) is 15.8. The molecule has 0 aromatic heterocycles. The molecule has 1 saturated heterocycles. The van der Waals surface area contributed by atoms with E-state index in [2.05, 4.69) is 9.46 Å². The summed E-state index contributed by atoms with van der Waals surface area (Å²) in [5, 5.41) is 0. The SMILES string of the molecule is CC(C)(CS(=O)(=O)NC1CCN(c2cccc(OC(F)(F)F)c2)C1=O)C(F)F. The van der Waals surface area contributed by atoms with Gasteiger partial charge in [0.2, 0.25) is 22.4 Å². The van der Waals surface area contributed by atoms with E-state index in [1.165, 1.54) is 12.1 Å². The number of alkyl halides is 5. The normalized spacial score (nSPS) is 18.8. The molecule has 1 aromatic carbocycles. The summed E-state index contributed by atoms with van der Waals surface area (Å²) in [5.41, 5.74) is -1.71. The number of hydrogen-bond acceptors (Lipinski definition) is 4. The Labute approximate surface area is 158 Å². The Morgan fingerprint density at radius 2 is 1.93 bits per heavy atom. The van der Waals surface area contributed by atoms with Gasteiger partial charge in [0.15, 0.2) is 0 Å². The standard InChI is InChI=1S/C16H19F5N2O4S/c1-15(2,14(17)18)9-28(25,26)22-12-6-7-23(13(12)24)10-4-3-5-11(8-10)27-16(19,20)21/h3-5,8,12,14,22H,6-7,9H2,1-2H3. The van der Waals surface area contributed by atoms with Crippen LogP contribution in [0.3, 0.4) is 0 Å². The van der Waals surface area contributed by atoms with E-state index in [1.54, 1.807) is 0 Å². The highest BCUT2D eigenvalue weighted by Crippen LogP contribution is 2.30. The third-order valence-electron chi connectivity index (χ3n) is 4.04. The third-order valence-corrected chi connectivity index (χ3v) is 5.81. The first-order valence-corrected chi connectivity index (χ1v) is 9.81. The molecule has 28 heavy (non-hydrogen) atoms. The Morgan fingerprint density at radius 3 is 2.50 bits per heavy atom. The predicted molar refractivity (Wildman–Crippen MR) is 90.6 cm³/mol. The van der Waals surface area contributed by atoms with Crippen LogP contribution in [0.5, 0.6) is 5.75 Å². The number of carbonyl (C=O) groups is 1. The van der Waals surface area contributed by atoms with Crippen LogP contribution in [-0.2, 0) is 14.8 Å². The molecule has 1 aliphatic heterocycles. The van der Waals surface area contributed by atoms with Gasteiger partial charge in [-0.3, -0.25) is 4.79 Å². The molecule has 1 unspecified atom stereocenters. The highest BCUT2D eigenvalue weighted by Gasteiger charge is 2.40. The highest BCUT2D eigenvalue weighted by molar-refractivity contribution is 7.89. The molecule has 1 heterocycles. The van der Waals surface area contributed by atoms with E-state index in [4.69, 9.17) is 0 Å². The van der Waals surface area contributed by atoms with Gasteiger partial charge in [0.05, 0.1) is 5.75 Å². The predicted octanol–water partition coefficient (Wildman–Crippen LogP) is 2.90. The molecule has 2 rings (SSSR count). The van der Waals surface area contributed by atoms with Crippen LogP contribution in [0.2, 0.25) is 0 Å². The minimum absolute atomic E-state index is 0.0392. The van der Waals surface area contributed by atoms with Gasteiger partial charge in [-0.2, -0.15) is 0 Å². The number of benzene rings is 1. The van der Waals surface area contributed by atoms with Crippen molar-refractivity contribution in [3.05, 3.63) is 24.3 Å². The minimum atomic E-state index is -4.90. The lowest BCUT2D eigenvalue weighted by Crippen LogP contribution is -2.45. The van der Waals surface area contributed by atoms with Crippen LogP contribution in [0.25, 0.3) is 0 Å². The summed E-state index contributed by atoms with van der Waals surface area (Å²) in [6.45, 7) is 2.22. The average molecular weight is 430 g/mol. The van der Waals surface area contributed by atoms with Gasteiger partial charge in [-0.25, -0.2) is 21.9 Å². The number of halogens is 5. The van der Waals surface area contributed by atoms with Gasteiger partial charge in [0, 0.05) is 23.7 Å². The van der Waals surface area contributed by atoms with E-state index in [0.717, 1.165) is 30.9 Å². The fraction of sp³-hybridized carbons (Fsp3) is 0.562. The molecule has 1 fully saturated rings. The molecule has 1 aromatic rings. The van der Waals surface area contributed by atoms with Crippen LogP contribution >= 0.6 is 0 Å². The number of nitrogens with one attached hydrogen (secondary N) is 1. The number of carbonyl (C=O) groups excluding carboxylic acids is 1. The Bertz CT molecular complexity index is 827. The number of sulfonamides is 1. The van der Waals surface area contributed by atoms with E-state index in [9.17, 15) is 35.2 Å². The monoisotopic (exact) mass is 430 g/mol. The van der Waals surface area contributed by atoms with Crippen molar-refractivity contribution in [2.24, 2.45) is 5.41 Å². The maximum Gasteiger partial charge on any atom is 0.573 e. The van der Waals surface area contributed by atoms with E-state index in [-0.39, 0.29) is 18.7 Å². The lowest BCUT2D eigenvalue weighted by Gasteiger charge is -2.24. The van der Waals surface area contributed by atoms with Crippen molar-refractivity contribution in [1.29, 1.82) is 0 Å². The van der Waals surface area contributed by atoms with E-state index in [0.29, 0.717) is 0 Å². The molecule has 0 aliphatic carbocycles. The first-order chi connectivity index (χ1) is 12.7. The molecule has 0 radical (unpaired) electrons. The summed E-state index contributed by atoms with van der Waals surface area (Å²) in [6.07, 6.45) is -7.74. The number of amides is 1. The number of hydrogen-bond donors (Lipinski definition) is 1. The summed E-state index contributed by atoms with van der Waals surface area (Å²) in [6, 6.07) is 3.50. The van der Waals surface area contributed by atoms with Crippen molar-refractivity contribution >= 4 is 21.6 Å². The van der Waals surface area contributed by atoms with Crippen molar-refractivity contribution in [3.8, 4) is 5.75 Å². The molecular formula is C16H19F5N2O4S. The maximum absolute atomic E-state index is 12.9. The Hall–Kier alpha value is -1.95. The van der Waals surface area contributed by atoms with E-state index < -0.39 is 51.7 Å². The number of rotatable bonds is 7. The second kappa shape index (κ2) is 7.82. The van der Waals surface area contributed by atoms with Crippen LogP contribution in [0.4, 0.5) is 27.6 Å². The zero-order valence-electron chi connectivity index (χ0n) is 15.0. The van der Waals surface area contributed by atoms with Gasteiger partial charge in [0.25, 0.3) is 0 Å². The van der Waals surface area contributed by atoms with Gasteiger partial charge < -0.3 is 9.64 Å². The van der Waals surface area contributed by atoms with E-state index >= 15 is 0 Å². The lowest BCUT2D eigenvalue weighted by molar-refractivity contribution is -0.274. The van der Waals surface area contributed by atoms with Crippen molar-refractivity contribution < 1.29 is 39.9 Å². The quantitative estimate of drug-likeness (QED) is 0.675. The molecule has 12 heteroatoms. The van der Waals surface area contributed by atoms with Crippen LogP contribution in [0.15, 0.2) is 24.3 Å². The Balaban J connectivity index is 2.10. The third kappa shape index (κ3) is 5.77. The summed E-state index contributed by atoms with van der Waals surface area (Å²) in [5.74, 6) is -2.10. The molecule has 0 bridgehead atoms. The van der Waals surface area contributed by atoms with Gasteiger partial charge in [0.1, 0.15) is 11.8 Å². The number of ether oxygens (including phenoxy) is 1. The summed E-state index contributed by atoms with van der Waals surface area (Å²) in [4.78, 5) is 13.6. The molecule has 0 saturated carbocycles. The maximum atomic E-state index is 12.9. The van der Waals surface area contributed by atoms with Crippen LogP contribution < -0.4 is 14.4 Å². The van der Waals surface area contributed by atoms with E-state index in [1.807, 2.05) is 0 Å². The van der Waals surface area contributed by atoms with Crippen molar-refractivity contribution in [3.63, 3.8) is 0 Å². The molecule has 1 amide bonds. The number of nitrogens with zero attached hydrogens (tertiary/aromatic N) is 1. The van der Waals surface area contributed by atoms with Gasteiger partial charge in [-0.15, -0.1) is 13.2 Å². The van der Waals surface area contributed by atoms with Crippen molar-refractivity contribution in [2.45, 2.75) is 39.1 Å². The first kappa shape index (κ1) is 22.3. The summed E-state index contributed by atoms with van der Waals surface area (Å²) >= 11 is 0. The average Bonchev–Trinajstić information content (AvgIpc) is 2.85. The largest absolute Gasteiger partial charge is 0.573 e. The smallest absolute Gasteiger partial charge is 0.406 e. The van der Waals surface area contributed by atoms with Crippen molar-refractivity contribution in [2.75, 3.05) is 17.2 Å². The van der Waals surface area contributed by atoms with Gasteiger partial charge in [-0.05, 0) is 18.6 Å². The summed E-state index contributed by atoms with van der Waals surface area (Å²) in [7, 11) is -4.19. The molecule has 1 N–H and O–H groups in total. The molecule has 158 valence electrons. The van der Waals surface area contributed by atoms with Crippen LogP contribution in [0, 0.1) is 5.41 Å². The molecule has 1 atom stereocenters. The molecular weight excluding hydrogens is 411 g/mol. The van der Waals surface area contributed by atoms with Crippen molar-refractivity contribution in [1.82, 2.24) is 4.72 Å². The Kier molecular flexibility index (Phi) is 6.24. The second-order valence-electron chi connectivity index (χ2n) is 7.04. The summed E-state index contributed by atoms with van der Waals surface area (Å²) < 4.78 is 93.0. The fourth-order valence-electron chi connectivity index (χ4n) is 2.71. The van der Waals surface area contributed by atoms with Gasteiger partial charge in [-0.1, -0.05) is 19.9 Å². The zero-order chi connectivity index (χ0) is 21.3. The second-order valence-corrected chi connectivity index (χ2v) is 8.80. The van der Waals surface area contributed by atoms with Crippen LogP contribution in [0.1, 0.15) is 20.3 Å². The molecule has 6 nitrogen and oxygen atoms in total. The Morgan fingerprint density at radius 1 is 1.29 bits per heavy atom. The lowest BCUT2D eigenvalue weighted by atomic mass is 9.98. The number of anilines is 1. The molecule has 0 spiro atoms. The fourth-order valence-corrected chi connectivity index (χ4v) is 4.55. The molecule has 1 aliphatic rings.